The van der Waals surface area contributed by atoms with Crippen LogP contribution in [0.5, 0.6) is 0 Å². The van der Waals surface area contributed by atoms with E-state index in [9.17, 15) is 9.59 Å². The molecule has 0 aromatic heterocycles. The number of nitrogens with zero attached hydrogens (tertiary/aromatic N) is 2. The van der Waals surface area contributed by atoms with Crippen LogP contribution >= 0.6 is 15.9 Å². The van der Waals surface area contributed by atoms with Crippen molar-refractivity contribution >= 4 is 39.1 Å². The minimum atomic E-state index is 0.0279. The van der Waals surface area contributed by atoms with Gasteiger partial charge in [-0.25, -0.2) is 0 Å². The van der Waals surface area contributed by atoms with Crippen molar-refractivity contribution in [3.63, 3.8) is 0 Å². The van der Waals surface area contributed by atoms with E-state index < -0.39 is 0 Å². The molecule has 0 unspecified atom stereocenters. The number of amides is 2. The zero-order chi connectivity index (χ0) is 16.8. The molecule has 2 aliphatic heterocycles. The molecule has 4 nitrogen and oxygen atoms in total. The Morgan fingerprint density at radius 1 is 0.917 bits per heavy atom. The average molecular weight is 385 g/mol. The first-order valence-corrected chi connectivity index (χ1v) is 8.85. The van der Waals surface area contributed by atoms with E-state index in [-0.39, 0.29) is 11.8 Å². The summed E-state index contributed by atoms with van der Waals surface area (Å²) < 4.78 is 1.04. The quantitative estimate of drug-likeness (QED) is 0.753. The standard InChI is InChI=1S/C19H17BrN2O2/c1-12(23)21-8-6-13-10-15(2-4-17(13)21)19(24)22-9-7-14-11-16(20)3-5-18(14)22/h2-5,10-11H,6-9H2,1H3. The van der Waals surface area contributed by atoms with Crippen molar-refractivity contribution in [1.29, 1.82) is 0 Å². The van der Waals surface area contributed by atoms with Crippen molar-refractivity contribution in [3.8, 4) is 0 Å². The first-order valence-electron chi connectivity index (χ1n) is 8.06. The number of carbonyl (C=O) groups excluding carboxylic acids is 2. The van der Waals surface area contributed by atoms with Gasteiger partial charge < -0.3 is 9.80 Å². The molecular formula is C19H17BrN2O2. The highest BCUT2D eigenvalue weighted by molar-refractivity contribution is 9.10. The lowest BCUT2D eigenvalue weighted by Gasteiger charge is -2.19. The van der Waals surface area contributed by atoms with E-state index in [1.165, 1.54) is 5.56 Å². The topological polar surface area (TPSA) is 40.6 Å². The Kier molecular flexibility index (Phi) is 3.68. The van der Waals surface area contributed by atoms with Crippen LogP contribution in [0.2, 0.25) is 0 Å². The number of halogens is 1. The van der Waals surface area contributed by atoms with Gasteiger partial charge in [-0.15, -0.1) is 0 Å². The van der Waals surface area contributed by atoms with E-state index >= 15 is 0 Å². The molecule has 0 spiro atoms. The van der Waals surface area contributed by atoms with Gasteiger partial charge in [0.1, 0.15) is 0 Å². The van der Waals surface area contributed by atoms with Crippen LogP contribution in [-0.2, 0) is 17.6 Å². The normalized spacial score (nSPS) is 15.4. The number of benzene rings is 2. The van der Waals surface area contributed by atoms with Crippen LogP contribution in [0.25, 0.3) is 0 Å². The molecule has 122 valence electrons. The first kappa shape index (κ1) is 15.4. The van der Waals surface area contributed by atoms with Gasteiger partial charge in [-0.05, 0) is 60.4 Å². The lowest BCUT2D eigenvalue weighted by molar-refractivity contribution is -0.116. The van der Waals surface area contributed by atoms with Crippen LogP contribution in [0.15, 0.2) is 40.9 Å². The van der Waals surface area contributed by atoms with Crippen molar-refractivity contribution in [3.05, 3.63) is 57.6 Å². The van der Waals surface area contributed by atoms with Crippen molar-refractivity contribution in [2.45, 2.75) is 19.8 Å². The van der Waals surface area contributed by atoms with Gasteiger partial charge in [-0.1, -0.05) is 15.9 Å². The summed E-state index contributed by atoms with van der Waals surface area (Å²) in [5, 5.41) is 0. The third kappa shape index (κ3) is 2.44. The second kappa shape index (κ2) is 5.74. The van der Waals surface area contributed by atoms with E-state index in [1.54, 1.807) is 11.8 Å². The minimum Gasteiger partial charge on any atom is -0.312 e. The van der Waals surface area contributed by atoms with Gasteiger partial charge >= 0.3 is 0 Å². The largest absolute Gasteiger partial charge is 0.312 e. The molecule has 0 saturated carbocycles. The summed E-state index contributed by atoms with van der Waals surface area (Å²) >= 11 is 3.48. The molecule has 0 saturated heterocycles. The first-order chi connectivity index (χ1) is 11.5. The Balaban J connectivity index is 1.64. The Labute approximate surface area is 149 Å². The predicted octanol–water partition coefficient (Wildman–Crippen LogP) is 3.56. The van der Waals surface area contributed by atoms with Crippen molar-refractivity contribution in [1.82, 2.24) is 0 Å². The summed E-state index contributed by atoms with van der Waals surface area (Å²) in [7, 11) is 0. The van der Waals surface area contributed by atoms with E-state index in [0.717, 1.165) is 34.3 Å². The van der Waals surface area contributed by atoms with Crippen molar-refractivity contribution < 1.29 is 9.59 Å². The number of carbonyl (C=O) groups is 2. The number of rotatable bonds is 1. The zero-order valence-electron chi connectivity index (χ0n) is 13.4. The number of hydrogen-bond acceptors (Lipinski definition) is 2. The highest BCUT2D eigenvalue weighted by Gasteiger charge is 2.28. The highest BCUT2D eigenvalue weighted by Crippen LogP contribution is 2.33. The van der Waals surface area contributed by atoms with Crippen LogP contribution in [0.4, 0.5) is 11.4 Å². The van der Waals surface area contributed by atoms with Gasteiger partial charge in [0.05, 0.1) is 0 Å². The molecule has 0 atom stereocenters. The molecule has 2 aromatic carbocycles. The Bertz CT molecular complexity index is 862. The molecule has 2 aliphatic rings. The summed E-state index contributed by atoms with van der Waals surface area (Å²) in [5.41, 5.74) is 4.89. The molecule has 2 heterocycles. The van der Waals surface area contributed by atoms with E-state index in [4.69, 9.17) is 0 Å². The van der Waals surface area contributed by atoms with Gasteiger partial charge in [-0.2, -0.15) is 0 Å². The zero-order valence-corrected chi connectivity index (χ0v) is 15.0. The van der Waals surface area contributed by atoms with E-state index in [1.807, 2.05) is 35.2 Å². The molecule has 0 fully saturated rings. The molecule has 2 amide bonds. The number of hydrogen-bond donors (Lipinski definition) is 0. The fraction of sp³-hybridized carbons (Fsp3) is 0.263. The average Bonchev–Trinajstić information content (AvgIpc) is 3.16. The Morgan fingerprint density at radius 3 is 2.29 bits per heavy atom. The van der Waals surface area contributed by atoms with Gasteiger partial charge in [0, 0.05) is 41.4 Å². The fourth-order valence-corrected chi connectivity index (χ4v) is 4.01. The maximum absolute atomic E-state index is 12.9. The van der Waals surface area contributed by atoms with Crippen LogP contribution < -0.4 is 9.80 Å². The molecule has 0 aliphatic carbocycles. The molecule has 0 N–H and O–H groups in total. The highest BCUT2D eigenvalue weighted by atomic mass is 79.9. The summed E-state index contributed by atoms with van der Waals surface area (Å²) in [6.45, 7) is 2.98. The Morgan fingerprint density at radius 2 is 1.54 bits per heavy atom. The SMILES string of the molecule is CC(=O)N1CCc2cc(C(=O)N3CCc4cc(Br)ccc43)ccc21. The monoisotopic (exact) mass is 384 g/mol. The number of fused-ring (bicyclic) bond motifs is 2. The molecule has 0 bridgehead atoms. The maximum atomic E-state index is 12.9. The second-order valence-corrected chi connectivity index (χ2v) is 7.16. The summed E-state index contributed by atoms with van der Waals surface area (Å²) in [4.78, 5) is 28.2. The van der Waals surface area contributed by atoms with Crippen LogP contribution in [-0.4, -0.2) is 24.9 Å². The molecule has 4 rings (SSSR count). The van der Waals surface area contributed by atoms with Crippen molar-refractivity contribution in [2.75, 3.05) is 22.9 Å². The third-order valence-corrected chi connectivity index (χ3v) is 5.28. The third-order valence-electron chi connectivity index (χ3n) is 4.78. The lowest BCUT2D eigenvalue weighted by atomic mass is 10.1. The van der Waals surface area contributed by atoms with E-state index in [0.29, 0.717) is 18.7 Å². The fourth-order valence-electron chi connectivity index (χ4n) is 3.60. The van der Waals surface area contributed by atoms with Crippen LogP contribution in [0, 0.1) is 0 Å². The Hall–Kier alpha value is -2.14. The minimum absolute atomic E-state index is 0.0279. The molecule has 0 radical (unpaired) electrons. The number of anilines is 2. The van der Waals surface area contributed by atoms with Gasteiger partial charge in [0.2, 0.25) is 5.91 Å². The maximum Gasteiger partial charge on any atom is 0.258 e. The van der Waals surface area contributed by atoms with Crippen LogP contribution in [0.1, 0.15) is 28.4 Å². The second-order valence-electron chi connectivity index (χ2n) is 6.24. The smallest absolute Gasteiger partial charge is 0.258 e. The van der Waals surface area contributed by atoms with Gasteiger partial charge in [0.15, 0.2) is 0 Å². The lowest BCUT2D eigenvalue weighted by Crippen LogP contribution is -2.29. The van der Waals surface area contributed by atoms with Crippen molar-refractivity contribution in [2.24, 2.45) is 0 Å². The van der Waals surface area contributed by atoms with Gasteiger partial charge in [-0.3, -0.25) is 9.59 Å². The predicted molar refractivity (Wildman–Crippen MR) is 97.7 cm³/mol. The van der Waals surface area contributed by atoms with E-state index in [2.05, 4.69) is 22.0 Å². The summed E-state index contributed by atoms with van der Waals surface area (Å²) in [6, 6.07) is 11.7. The van der Waals surface area contributed by atoms with Crippen LogP contribution in [0.3, 0.4) is 0 Å². The summed E-state index contributed by atoms with van der Waals surface area (Å²) in [6.07, 6.45) is 1.68. The summed E-state index contributed by atoms with van der Waals surface area (Å²) in [5.74, 6) is 0.0759. The molecule has 24 heavy (non-hydrogen) atoms. The van der Waals surface area contributed by atoms with Gasteiger partial charge in [0.25, 0.3) is 5.91 Å². The molecular weight excluding hydrogens is 368 g/mol. The molecule has 5 heteroatoms. The molecule has 2 aromatic rings.